The van der Waals surface area contributed by atoms with E-state index < -0.39 is 22.3 Å². The number of aromatic carboxylic acids is 1. The number of thiazole rings is 1. The predicted molar refractivity (Wildman–Crippen MR) is 68.0 cm³/mol. The Morgan fingerprint density at radius 3 is 2.90 bits per heavy atom. The van der Waals surface area contributed by atoms with E-state index in [2.05, 4.69) is 10.1 Å². The Morgan fingerprint density at radius 2 is 2.30 bits per heavy atom. The molecule has 0 aromatic carbocycles. The molecule has 0 aliphatic rings. The number of imidazole rings is 1. The summed E-state index contributed by atoms with van der Waals surface area (Å²) >= 11 is 1.46. The third-order valence-corrected chi connectivity index (χ3v) is 3.38. The lowest BCUT2D eigenvalue weighted by atomic mass is 10.4. The SMILES string of the molecule is O=C(O)c1nn(Cc2cn3ccsc3n2)cc1[N+](=O)[O-]. The summed E-state index contributed by atoms with van der Waals surface area (Å²) in [5, 5.41) is 25.2. The second-order valence-electron chi connectivity index (χ2n) is 3.95. The van der Waals surface area contributed by atoms with E-state index in [1.54, 1.807) is 6.20 Å². The van der Waals surface area contributed by atoms with E-state index in [1.807, 2.05) is 16.0 Å². The number of carboxylic acid groups (broad SMARTS) is 1. The lowest BCUT2D eigenvalue weighted by Gasteiger charge is -1.95. The highest BCUT2D eigenvalue weighted by atomic mass is 32.1. The third kappa shape index (κ3) is 2.01. The van der Waals surface area contributed by atoms with Crippen LogP contribution in [0.3, 0.4) is 0 Å². The van der Waals surface area contributed by atoms with Gasteiger partial charge in [0.15, 0.2) is 4.96 Å². The summed E-state index contributed by atoms with van der Waals surface area (Å²) in [4.78, 5) is 26.0. The van der Waals surface area contributed by atoms with Crippen molar-refractivity contribution < 1.29 is 14.8 Å². The van der Waals surface area contributed by atoms with Gasteiger partial charge in [-0.2, -0.15) is 5.10 Å². The molecule has 10 heteroatoms. The average Bonchev–Trinajstić information content (AvgIpc) is 3.01. The van der Waals surface area contributed by atoms with Gasteiger partial charge in [-0.1, -0.05) is 0 Å². The quantitative estimate of drug-likeness (QED) is 0.571. The van der Waals surface area contributed by atoms with E-state index in [0.717, 1.165) is 11.2 Å². The van der Waals surface area contributed by atoms with Crippen molar-refractivity contribution in [3.63, 3.8) is 0 Å². The fourth-order valence-corrected chi connectivity index (χ4v) is 2.51. The summed E-state index contributed by atoms with van der Waals surface area (Å²) in [6.07, 6.45) is 4.70. The van der Waals surface area contributed by atoms with Crippen LogP contribution in [-0.2, 0) is 6.54 Å². The first-order chi connectivity index (χ1) is 9.54. The number of rotatable bonds is 4. The molecule has 3 aromatic rings. The van der Waals surface area contributed by atoms with Gasteiger partial charge in [0.2, 0.25) is 5.69 Å². The Bertz CT molecular complexity index is 757. The van der Waals surface area contributed by atoms with E-state index in [9.17, 15) is 14.9 Å². The molecule has 0 fully saturated rings. The molecule has 0 atom stereocenters. The molecular weight excluding hydrogens is 286 g/mol. The number of aromatic nitrogens is 4. The molecule has 1 N–H and O–H groups in total. The summed E-state index contributed by atoms with van der Waals surface area (Å²) in [6.45, 7) is 0.169. The van der Waals surface area contributed by atoms with Gasteiger partial charge in [-0.15, -0.1) is 11.3 Å². The van der Waals surface area contributed by atoms with Crippen molar-refractivity contribution in [1.82, 2.24) is 19.2 Å². The van der Waals surface area contributed by atoms with Crippen molar-refractivity contribution in [1.29, 1.82) is 0 Å². The lowest BCUT2D eigenvalue weighted by Crippen LogP contribution is -2.04. The van der Waals surface area contributed by atoms with Crippen molar-refractivity contribution in [3.05, 3.63) is 45.5 Å². The van der Waals surface area contributed by atoms with E-state index in [1.165, 1.54) is 16.0 Å². The highest BCUT2D eigenvalue weighted by Gasteiger charge is 2.25. The number of nitrogens with zero attached hydrogens (tertiary/aromatic N) is 5. The Morgan fingerprint density at radius 1 is 1.50 bits per heavy atom. The minimum atomic E-state index is -1.43. The number of nitro groups is 1. The number of hydrogen-bond acceptors (Lipinski definition) is 6. The average molecular weight is 293 g/mol. The summed E-state index contributed by atoms with van der Waals surface area (Å²) in [7, 11) is 0. The Labute approximate surface area is 114 Å². The van der Waals surface area contributed by atoms with Gasteiger partial charge >= 0.3 is 11.7 Å². The zero-order valence-electron chi connectivity index (χ0n) is 9.83. The van der Waals surface area contributed by atoms with Crippen LogP contribution in [-0.4, -0.2) is 35.2 Å². The summed E-state index contributed by atoms with van der Waals surface area (Å²) in [5.41, 5.74) is -0.458. The molecule has 3 heterocycles. The highest BCUT2D eigenvalue weighted by molar-refractivity contribution is 7.15. The van der Waals surface area contributed by atoms with E-state index >= 15 is 0 Å². The van der Waals surface area contributed by atoms with Gasteiger partial charge in [0.25, 0.3) is 0 Å². The Hall–Kier alpha value is -2.75. The highest BCUT2D eigenvalue weighted by Crippen LogP contribution is 2.18. The van der Waals surface area contributed by atoms with E-state index in [4.69, 9.17) is 5.11 Å². The molecule has 0 saturated heterocycles. The van der Waals surface area contributed by atoms with E-state index in [-0.39, 0.29) is 6.54 Å². The fourth-order valence-electron chi connectivity index (χ4n) is 1.80. The van der Waals surface area contributed by atoms with Gasteiger partial charge in [-0.3, -0.25) is 19.2 Å². The maximum Gasteiger partial charge on any atom is 0.363 e. The zero-order chi connectivity index (χ0) is 14.3. The van der Waals surface area contributed by atoms with Crippen LogP contribution in [0.1, 0.15) is 16.2 Å². The second-order valence-corrected chi connectivity index (χ2v) is 4.82. The molecule has 0 aliphatic heterocycles. The second kappa shape index (κ2) is 4.42. The zero-order valence-corrected chi connectivity index (χ0v) is 10.6. The Balaban J connectivity index is 1.94. The summed E-state index contributed by atoms with van der Waals surface area (Å²) in [5.74, 6) is -1.43. The van der Waals surface area contributed by atoms with Crippen LogP contribution in [0.25, 0.3) is 4.96 Å². The lowest BCUT2D eigenvalue weighted by molar-refractivity contribution is -0.385. The molecule has 0 radical (unpaired) electrons. The molecule has 20 heavy (non-hydrogen) atoms. The molecule has 0 spiro atoms. The van der Waals surface area contributed by atoms with Crippen LogP contribution in [0.4, 0.5) is 5.69 Å². The van der Waals surface area contributed by atoms with Crippen molar-refractivity contribution in [2.75, 3.05) is 0 Å². The molecular formula is C10H7N5O4S. The number of hydrogen-bond donors (Lipinski definition) is 1. The van der Waals surface area contributed by atoms with Gasteiger partial charge in [0.05, 0.1) is 17.2 Å². The van der Waals surface area contributed by atoms with Crippen LogP contribution < -0.4 is 0 Å². The Kier molecular flexibility index (Phi) is 2.71. The van der Waals surface area contributed by atoms with Crippen LogP contribution in [0.15, 0.2) is 24.0 Å². The van der Waals surface area contributed by atoms with Gasteiger partial charge in [-0.25, -0.2) is 9.78 Å². The van der Waals surface area contributed by atoms with Crippen LogP contribution in [0.5, 0.6) is 0 Å². The van der Waals surface area contributed by atoms with Crippen molar-refractivity contribution in [2.45, 2.75) is 6.54 Å². The normalized spacial score (nSPS) is 11.0. The molecule has 0 bridgehead atoms. The topological polar surface area (TPSA) is 116 Å². The van der Waals surface area contributed by atoms with Crippen LogP contribution in [0, 0.1) is 10.1 Å². The molecule has 0 saturated carbocycles. The largest absolute Gasteiger partial charge is 0.476 e. The molecule has 3 aromatic heterocycles. The number of carbonyl (C=O) groups is 1. The van der Waals surface area contributed by atoms with Gasteiger partial charge in [0, 0.05) is 17.8 Å². The summed E-state index contributed by atoms with van der Waals surface area (Å²) < 4.78 is 3.02. The van der Waals surface area contributed by atoms with Gasteiger partial charge in [-0.05, 0) is 0 Å². The smallest absolute Gasteiger partial charge is 0.363 e. The maximum absolute atomic E-state index is 10.9. The predicted octanol–water partition coefficient (Wildman–Crippen LogP) is 1.25. The molecule has 102 valence electrons. The maximum atomic E-state index is 10.9. The van der Waals surface area contributed by atoms with Gasteiger partial charge in [0.1, 0.15) is 6.20 Å². The molecule has 0 aliphatic carbocycles. The molecule has 0 unspecified atom stereocenters. The summed E-state index contributed by atoms with van der Waals surface area (Å²) in [6, 6.07) is 0. The monoisotopic (exact) mass is 293 g/mol. The molecule has 9 nitrogen and oxygen atoms in total. The standard InChI is InChI=1S/C10H7N5O4S/c16-9(17)8-7(15(18)19)5-14(12-8)4-6-3-13-1-2-20-10(13)11-6/h1-3,5H,4H2,(H,16,17). The first-order valence-electron chi connectivity index (χ1n) is 5.41. The van der Waals surface area contributed by atoms with Crippen molar-refractivity contribution >= 4 is 28.0 Å². The molecule has 3 rings (SSSR count). The number of fused-ring (bicyclic) bond motifs is 1. The van der Waals surface area contributed by atoms with Gasteiger partial charge < -0.3 is 5.11 Å². The number of carboxylic acids is 1. The first kappa shape index (κ1) is 12.3. The minimum Gasteiger partial charge on any atom is -0.476 e. The first-order valence-corrected chi connectivity index (χ1v) is 6.29. The van der Waals surface area contributed by atoms with Crippen LogP contribution in [0.2, 0.25) is 0 Å². The third-order valence-electron chi connectivity index (χ3n) is 2.61. The van der Waals surface area contributed by atoms with Crippen LogP contribution >= 0.6 is 11.3 Å². The van der Waals surface area contributed by atoms with Crippen molar-refractivity contribution in [2.24, 2.45) is 0 Å². The fraction of sp³-hybridized carbons (Fsp3) is 0.100. The molecule has 0 amide bonds. The van der Waals surface area contributed by atoms with E-state index in [0.29, 0.717) is 5.69 Å². The van der Waals surface area contributed by atoms with Crippen molar-refractivity contribution in [3.8, 4) is 0 Å². The minimum absolute atomic E-state index is 0.169.